The summed E-state index contributed by atoms with van der Waals surface area (Å²) in [6.07, 6.45) is 10.1. The first-order valence-corrected chi connectivity index (χ1v) is 11.9. The normalized spacial score (nSPS) is 22.2. The Morgan fingerprint density at radius 3 is 2.90 bits per heavy atom. The molecule has 0 aromatic heterocycles. The summed E-state index contributed by atoms with van der Waals surface area (Å²) in [5, 5.41) is 24.8. The highest BCUT2D eigenvalue weighted by atomic mass is 127. The van der Waals surface area contributed by atoms with Gasteiger partial charge < -0.3 is 15.1 Å². The number of rotatable bonds is 10. The number of carbonyl (C=O) groups is 1. The molecule has 0 spiro atoms. The first-order chi connectivity index (χ1) is 14.7. The summed E-state index contributed by atoms with van der Waals surface area (Å²) in [4.78, 5) is 16.3. The summed E-state index contributed by atoms with van der Waals surface area (Å²) in [5.41, 5.74) is 9.45. The lowest BCUT2D eigenvalue weighted by molar-refractivity contribution is -0.135. The van der Waals surface area contributed by atoms with Gasteiger partial charge in [0.2, 0.25) is 5.91 Å². The number of allylic oxidation sites excluding steroid dienone is 1. The Morgan fingerprint density at radius 1 is 1.45 bits per heavy atom. The van der Waals surface area contributed by atoms with E-state index in [-0.39, 0.29) is 18.2 Å². The van der Waals surface area contributed by atoms with Crippen molar-refractivity contribution in [3.05, 3.63) is 49.9 Å². The smallest absolute Gasteiger partial charge is 0.224 e. The number of azide groups is 1. The van der Waals surface area contributed by atoms with Gasteiger partial charge >= 0.3 is 0 Å². The van der Waals surface area contributed by atoms with Crippen molar-refractivity contribution in [2.24, 2.45) is 11.0 Å². The second-order valence-electron chi connectivity index (χ2n) is 8.72. The fraction of sp³-hybridized carbons (Fsp3) is 0.609. The average Bonchev–Trinajstić information content (AvgIpc) is 2.71. The van der Waals surface area contributed by atoms with Crippen LogP contribution in [0.1, 0.15) is 56.9 Å². The van der Waals surface area contributed by atoms with Crippen LogP contribution < -0.4 is 0 Å². The number of hydrogen-bond donors (Lipinski definition) is 2. The number of aliphatic hydroxyl groups is 2. The minimum Gasteiger partial charge on any atom is -0.389 e. The number of unbranched alkanes of at least 4 members (excludes halogenated alkanes) is 1. The van der Waals surface area contributed by atoms with Gasteiger partial charge in [-0.2, -0.15) is 0 Å². The molecule has 0 radical (unpaired) electrons. The largest absolute Gasteiger partial charge is 0.389 e. The lowest BCUT2D eigenvalue weighted by Crippen LogP contribution is -2.40. The van der Waals surface area contributed by atoms with Crippen molar-refractivity contribution >= 4 is 34.2 Å². The Kier molecular flexibility index (Phi) is 10.3. The van der Waals surface area contributed by atoms with Crippen LogP contribution in [0.4, 0.5) is 5.69 Å². The Balaban J connectivity index is 1.74. The van der Waals surface area contributed by atoms with Gasteiger partial charge in [-0.05, 0) is 90.6 Å². The van der Waals surface area contributed by atoms with Crippen LogP contribution in [0, 0.1) is 9.49 Å². The fourth-order valence-corrected chi connectivity index (χ4v) is 4.74. The number of amides is 1. The Labute approximate surface area is 198 Å². The summed E-state index contributed by atoms with van der Waals surface area (Å²) in [5.74, 6) is 0.148. The maximum Gasteiger partial charge on any atom is 0.224 e. The quantitative estimate of drug-likeness (QED) is 0.105. The molecule has 8 heteroatoms. The highest BCUT2D eigenvalue weighted by molar-refractivity contribution is 14.1. The van der Waals surface area contributed by atoms with Gasteiger partial charge in [0, 0.05) is 22.6 Å². The Hall–Kier alpha value is -1.61. The van der Waals surface area contributed by atoms with E-state index < -0.39 is 11.7 Å². The van der Waals surface area contributed by atoms with Crippen molar-refractivity contribution in [2.45, 2.75) is 69.5 Å². The summed E-state index contributed by atoms with van der Waals surface area (Å²) >= 11 is 2.17. The monoisotopic (exact) mass is 540 g/mol. The van der Waals surface area contributed by atoms with Crippen LogP contribution >= 0.6 is 22.6 Å². The molecule has 170 valence electrons. The molecule has 7 nitrogen and oxygen atoms in total. The first kappa shape index (κ1) is 25.6. The minimum atomic E-state index is -0.939. The summed E-state index contributed by atoms with van der Waals surface area (Å²) in [6.45, 7) is 0. The number of carbonyl (C=O) groups excluding carboxylic acids is 1. The van der Waals surface area contributed by atoms with Crippen molar-refractivity contribution in [2.75, 3.05) is 14.1 Å². The van der Waals surface area contributed by atoms with E-state index in [9.17, 15) is 15.0 Å². The van der Waals surface area contributed by atoms with Gasteiger partial charge in [-0.15, -0.1) is 0 Å². The van der Waals surface area contributed by atoms with Crippen LogP contribution in [0.5, 0.6) is 0 Å². The van der Waals surface area contributed by atoms with Gasteiger partial charge in [-0.25, -0.2) is 0 Å². The predicted molar refractivity (Wildman–Crippen MR) is 131 cm³/mol. The predicted octanol–water partition coefficient (Wildman–Crippen LogP) is 5.26. The third kappa shape index (κ3) is 8.80. The highest BCUT2D eigenvalue weighted by Crippen LogP contribution is 2.36. The van der Waals surface area contributed by atoms with Crippen LogP contribution in [0.25, 0.3) is 10.4 Å². The van der Waals surface area contributed by atoms with Crippen LogP contribution in [0.15, 0.2) is 35.5 Å². The molecule has 3 atom stereocenters. The zero-order chi connectivity index (χ0) is 22.9. The number of benzene rings is 1. The fourth-order valence-electron chi connectivity index (χ4n) is 4.05. The van der Waals surface area contributed by atoms with Crippen LogP contribution in [0.3, 0.4) is 0 Å². The van der Waals surface area contributed by atoms with E-state index in [1.165, 1.54) is 10.5 Å². The SMILES string of the molecule is CN(C)C(=O)C[C@@]1(O)CCC[C@@H](/C=C/C(O)CCCCc2ccc(N=[N+]=[N-])c(I)c2)C1. The van der Waals surface area contributed by atoms with Crippen molar-refractivity contribution in [3.63, 3.8) is 0 Å². The van der Waals surface area contributed by atoms with E-state index in [0.717, 1.165) is 35.7 Å². The van der Waals surface area contributed by atoms with Crippen molar-refractivity contribution in [1.82, 2.24) is 4.90 Å². The third-order valence-corrected chi connectivity index (χ3v) is 6.69. The average molecular weight is 540 g/mol. The minimum absolute atomic E-state index is 0.0470. The zero-order valence-corrected chi connectivity index (χ0v) is 20.5. The molecule has 1 aliphatic rings. The maximum absolute atomic E-state index is 12.0. The summed E-state index contributed by atoms with van der Waals surface area (Å²) in [6, 6.07) is 5.85. The molecule has 1 aliphatic carbocycles. The molecule has 2 N–H and O–H groups in total. The third-order valence-electron chi connectivity index (χ3n) is 5.82. The molecule has 0 aliphatic heterocycles. The lowest BCUT2D eigenvalue weighted by atomic mass is 9.76. The van der Waals surface area contributed by atoms with Crippen molar-refractivity contribution in [3.8, 4) is 0 Å². The molecule has 31 heavy (non-hydrogen) atoms. The topological polar surface area (TPSA) is 110 Å². The standard InChI is InChI=1S/C23H33IN4O3/c1-28(2)22(30)16-23(31)13-5-7-18(15-23)9-11-19(29)8-4-3-6-17-10-12-21(26-27-25)20(24)14-17/h9-12,14,18-19,29,31H,3-8,13,15-16H2,1-2H3/b11-9+/t18-,19?,23+/m0/s1. The molecule has 1 aromatic carbocycles. The molecule has 0 heterocycles. The molecule has 1 aromatic rings. The number of aliphatic hydroxyl groups excluding tert-OH is 1. The van der Waals surface area contributed by atoms with E-state index >= 15 is 0 Å². The molecule has 1 unspecified atom stereocenters. The van der Waals surface area contributed by atoms with Gasteiger partial charge in [0.1, 0.15) is 0 Å². The first-order valence-electron chi connectivity index (χ1n) is 10.8. The van der Waals surface area contributed by atoms with E-state index in [4.69, 9.17) is 5.53 Å². The van der Waals surface area contributed by atoms with Gasteiger partial charge in [0.15, 0.2) is 0 Å². The van der Waals surface area contributed by atoms with Crippen LogP contribution in [0.2, 0.25) is 0 Å². The second kappa shape index (κ2) is 12.4. The molecule has 1 saturated carbocycles. The summed E-state index contributed by atoms with van der Waals surface area (Å²) < 4.78 is 0.940. The highest BCUT2D eigenvalue weighted by Gasteiger charge is 2.35. The second-order valence-corrected chi connectivity index (χ2v) is 9.88. The van der Waals surface area contributed by atoms with Gasteiger partial charge in [0.05, 0.1) is 23.8 Å². The molecule has 0 bridgehead atoms. The lowest BCUT2D eigenvalue weighted by Gasteiger charge is -2.36. The molecular formula is C23H33IN4O3. The van der Waals surface area contributed by atoms with Gasteiger partial charge in [0.25, 0.3) is 0 Å². The van der Waals surface area contributed by atoms with Crippen molar-refractivity contribution < 1.29 is 15.0 Å². The number of hydrogen-bond acceptors (Lipinski definition) is 4. The number of aryl methyl sites for hydroxylation is 1. The molecule has 1 amide bonds. The molecular weight excluding hydrogens is 507 g/mol. The zero-order valence-electron chi connectivity index (χ0n) is 18.4. The van der Waals surface area contributed by atoms with Gasteiger partial charge in [-0.3, -0.25) is 4.79 Å². The van der Waals surface area contributed by atoms with E-state index in [1.807, 2.05) is 30.4 Å². The van der Waals surface area contributed by atoms with Crippen LogP contribution in [-0.2, 0) is 11.2 Å². The summed E-state index contributed by atoms with van der Waals surface area (Å²) in [7, 11) is 3.42. The van der Waals surface area contributed by atoms with Crippen molar-refractivity contribution in [1.29, 1.82) is 0 Å². The Morgan fingerprint density at radius 2 is 2.23 bits per heavy atom. The number of nitrogens with zero attached hydrogens (tertiary/aromatic N) is 4. The van der Waals surface area contributed by atoms with E-state index in [1.54, 1.807) is 14.1 Å². The number of halogens is 1. The molecule has 1 fully saturated rings. The van der Waals surface area contributed by atoms with Gasteiger partial charge in [-0.1, -0.05) is 35.8 Å². The maximum atomic E-state index is 12.0. The van der Waals surface area contributed by atoms with E-state index in [0.29, 0.717) is 24.9 Å². The Bertz CT molecular complexity index is 823. The van der Waals surface area contributed by atoms with E-state index in [2.05, 4.69) is 32.6 Å². The molecule has 0 saturated heterocycles. The molecule has 2 rings (SSSR count). The van der Waals surface area contributed by atoms with Crippen LogP contribution in [-0.4, -0.2) is 46.8 Å².